The van der Waals surface area contributed by atoms with Crippen molar-refractivity contribution in [2.45, 2.75) is 18.8 Å². The van der Waals surface area contributed by atoms with Gasteiger partial charge in [-0.15, -0.1) is 0 Å². The Kier molecular flexibility index (Phi) is 6.26. The van der Waals surface area contributed by atoms with Gasteiger partial charge in [0.15, 0.2) is 0 Å². The van der Waals surface area contributed by atoms with Crippen LogP contribution >= 0.6 is 0 Å². The molecule has 2 aliphatic heterocycles. The van der Waals surface area contributed by atoms with Crippen molar-refractivity contribution in [3.05, 3.63) is 66.5 Å². The lowest BCUT2D eigenvalue weighted by Gasteiger charge is -2.35. The number of pyridine rings is 2. The van der Waals surface area contributed by atoms with Crippen molar-refractivity contribution in [2.75, 3.05) is 51.2 Å². The van der Waals surface area contributed by atoms with Gasteiger partial charge in [-0.05, 0) is 38.1 Å². The van der Waals surface area contributed by atoms with Crippen molar-refractivity contribution in [1.29, 1.82) is 0 Å². The highest BCUT2D eigenvalue weighted by Crippen LogP contribution is 2.34. The Morgan fingerprint density at radius 3 is 2.61 bits per heavy atom. The maximum Gasteiger partial charge on any atom is 0.272 e. The summed E-state index contributed by atoms with van der Waals surface area (Å²) in [6.45, 7) is 5.19. The third-order valence-corrected chi connectivity index (χ3v) is 6.54. The van der Waals surface area contributed by atoms with Gasteiger partial charge in [0.25, 0.3) is 5.91 Å². The number of piperazine rings is 1. The Hall–Kier alpha value is -3.39. The van der Waals surface area contributed by atoms with E-state index in [2.05, 4.69) is 26.8 Å². The van der Waals surface area contributed by atoms with E-state index in [1.165, 1.54) is 0 Å². The van der Waals surface area contributed by atoms with Gasteiger partial charge in [-0.25, -0.2) is 9.97 Å². The van der Waals surface area contributed by atoms with Gasteiger partial charge < -0.3 is 14.7 Å². The summed E-state index contributed by atoms with van der Waals surface area (Å²) >= 11 is 0. The minimum absolute atomic E-state index is 0.0171. The topological polar surface area (TPSA) is 78.4 Å². The van der Waals surface area contributed by atoms with Gasteiger partial charge in [0.1, 0.15) is 5.69 Å². The van der Waals surface area contributed by atoms with Crippen molar-refractivity contribution in [3.63, 3.8) is 0 Å². The molecule has 0 radical (unpaired) electrons. The smallest absolute Gasteiger partial charge is 0.272 e. The van der Waals surface area contributed by atoms with Crippen molar-refractivity contribution >= 4 is 11.9 Å². The van der Waals surface area contributed by atoms with Crippen molar-refractivity contribution in [3.8, 4) is 11.1 Å². The van der Waals surface area contributed by atoms with Gasteiger partial charge in [-0.1, -0.05) is 12.1 Å². The van der Waals surface area contributed by atoms with Crippen LogP contribution in [0.25, 0.3) is 11.1 Å². The van der Waals surface area contributed by atoms with E-state index in [1.807, 2.05) is 41.6 Å². The molecule has 1 amide bonds. The van der Waals surface area contributed by atoms with Gasteiger partial charge in [0.2, 0.25) is 5.95 Å². The summed E-state index contributed by atoms with van der Waals surface area (Å²) in [6, 6.07) is 9.45. The molecule has 2 fully saturated rings. The van der Waals surface area contributed by atoms with Crippen LogP contribution in [0.15, 0.2) is 55.1 Å². The summed E-state index contributed by atoms with van der Waals surface area (Å²) in [5.41, 5.74) is 3.50. The number of anilines is 1. The predicted molar refractivity (Wildman–Crippen MR) is 127 cm³/mol. The molecule has 1 atom stereocenters. The van der Waals surface area contributed by atoms with E-state index in [-0.39, 0.29) is 11.8 Å². The first-order valence-electron chi connectivity index (χ1n) is 11.6. The first kappa shape index (κ1) is 21.5. The fraction of sp³-hybridized carbons (Fsp3) is 0.400. The van der Waals surface area contributed by atoms with Gasteiger partial charge >= 0.3 is 0 Å². The molecule has 8 nitrogen and oxygen atoms in total. The summed E-state index contributed by atoms with van der Waals surface area (Å²) < 4.78 is 0. The number of likely N-dealkylation sites (N-methyl/N-ethyl adjacent to an activating group) is 1. The van der Waals surface area contributed by atoms with Crippen LogP contribution in [0.5, 0.6) is 0 Å². The lowest BCUT2D eigenvalue weighted by molar-refractivity contribution is 0.0700. The van der Waals surface area contributed by atoms with Gasteiger partial charge in [0, 0.05) is 81.1 Å². The molecule has 3 aromatic heterocycles. The molecule has 0 spiro atoms. The van der Waals surface area contributed by atoms with Crippen molar-refractivity contribution in [1.82, 2.24) is 29.7 Å². The fourth-order valence-electron chi connectivity index (χ4n) is 4.64. The van der Waals surface area contributed by atoms with Crippen LogP contribution in [-0.2, 0) is 0 Å². The van der Waals surface area contributed by atoms with E-state index in [4.69, 9.17) is 9.97 Å². The molecule has 8 heteroatoms. The molecule has 0 bridgehead atoms. The van der Waals surface area contributed by atoms with Crippen LogP contribution in [0.2, 0.25) is 0 Å². The molecular formula is C25H29N7O. The van der Waals surface area contributed by atoms with Crippen molar-refractivity contribution < 1.29 is 4.79 Å². The third-order valence-electron chi connectivity index (χ3n) is 6.54. The molecule has 0 saturated carbocycles. The number of hydrogen-bond donors (Lipinski definition) is 0. The average molecular weight is 444 g/mol. The molecule has 0 aromatic carbocycles. The zero-order valence-corrected chi connectivity index (χ0v) is 19.0. The Bertz CT molecular complexity index is 1080. The Labute approximate surface area is 194 Å². The number of aromatic nitrogens is 4. The molecule has 33 heavy (non-hydrogen) atoms. The number of likely N-dealkylation sites (tertiary alicyclic amines) is 1. The Morgan fingerprint density at radius 1 is 0.970 bits per heavy atom. The minimum Gasteiger partial charge on any atom is -0.338 e. The Morgan fingerprint density at radius 2 is 1.85 bits per heavy atom. The standard InChI is InChI=1S/C25H29N7O/c1-30-12-14-31(15-13-30)25-28-17-21(19-6-4-9-26-16-19)23(29-25)20-7-5-11-32(18-20)24(33)22-8-2-3-10-27-22/h2-4,6,8-10,16-17,20H,5,7,11-15,18H2,1H3. The summed E-state index contributed by atoms with van der Waals surface area (Å²) in [5, 5.41) is 0. The molecule has 3 aromatic rings. The molecule has 2 aliphatic rings. The maximum atomic E-state index is 13.1. The van der Waals surface area contributed by atoms with Gasteiger partial charge in [-0.3, -0.25) is 14.8 Å². The second-order valence-corrected chi connectivity index (χ2v) is 8.81. The monoisotopic (exact) mass is 443 g/mol. The SMILES string of the molecule is CN1CCN(c2ncc(-c3cccnc3)c(C3CCCN(C(=O)c4ccccn4)C3)n2)CC1. The molecule has 5 heterocycles. The third kappa shape index (κ3) is 4.71. The van der Waals surface area contributed by atoms with Crippen molar-refractivity contribution in [2.24, 2.45) is 0 Å². The lowest BCUT2D eigenvalue weighted by Crippen LogP contribution is -2.45. The van der Waals surface area contributed by atoms with Crippen LogP contribution in [-0.4, -0.2) is 82.0 Å². The van der Waals surface area contributed by atoms with E-state index in [0.717, 1.165) is 68.3 Å². The van der Waals surface area contributed by atoms with E-state index in [9.17, 15) is 4.79 Å². The number of carbonyl (C=O) groups is 1. The number of piperidine rings is 1. The Balaban J connectivity index is 1.46. The second-order valence-electron chi connectivity index (χ2n) is 8.81. The second kappa shape index (κ2) is 9.62. The normalized spacial score (nSPS) is 19.5. The molecule has 2 saturated heterocycles. The van der Waals surface area contributed by atoms with E-state index < -0.39 is 0 Å². The van der Waals surface area contributed by atoms with Crippen LogP contribution < -0.4 is 4.90 Å². The number of nitrogens with zero attached hydrogens (tertiary/aromatic N) is 7. The first-order chi connectivity index (χ1) is 16.2. The van der Waals surface area contributed by atoms with E-state index in [1.54, 1.807) is 18.5 Å². The molecule has 0 aliphatic carbocycles. The average Bonchev–Trinajstić information content (AvgIpc) is 2.89. The van der Waals surface area contributed by atoms with E-state index >= 15 is 0 Å². The van der Waals surface area contributed by atoms with Crippen LogP contribution in [0, 0.1) is 0 Å². The minimum atomic E-state index is -0.0171. The van der Waals surface area contributed by atoms with E-state index in [0.29, 0.717) is 12.2 Å². The number of amides is 1. The number of carbonyl (C=O) groups excluding carboxylic acids is 1. The zero-order valence-electron chi connectivity index (χ0n) is 19.0. The summed E-state index contributed by atoms with van der Waals surface area (Å²) in [4.78, 5) is 38.0. The molecule has 170 valence electrons. The van der Waals surface area contributed by atoms with Gasteiger partial charge in [0.05, 0.1) is 5.69 Å². The molecular weight excluding hydrogens is 414 g/mol. The summed E-state index contributed by atoms with van der Waals surface area (Å²) in [5.74, 6) is 0.895. The summed E-state index contributed by atoms with van der Waals surface area (Å²) in [7, 11) is 2.14. The highest BCUT2D eigenvalue weighted by molar-refractivity contribution is 5.92. The quantitative estimate of drug-likeness (QED) is 0.613. The van der Waals surface area contributed by atoms with Crippen LogP contribution in [0.4, 0.5) is 5.95 Å². The zero-order chi connectivity index (χ0) is 22.6. The molecule has 5 rings (SSSR count). The lowest BCUT2D eigenvalue weighted by atomic mass is 9.90. The molecule has 0 N–H and O–H groups in total. The maximum absolute atomic E-state index is 13.1. The van der Waals surface area contributed by atoms with Gasteiger partial charge in [-0.2, -0.15) is 0 Å². The first-order valence-corrected chi connectivity index (χ1v) is 11.6. The fourth-order valence-corrected chi connectivity index (χ4v) is 4.64. The molecule has 1 unspecified atom stereocenters. The van der Waals surface area contributed by atoms with Crippen LogP contribution in [0.1, 0.15) is 34.9 Å². The number of hydrogen-bond acceptors (Lipinski definition) is 7. The largest absolute Gasteiger partial charge is 0.338 e. The number of rotatable bonds is 4. The highest BCUT2D eigenvalue weighted by Gasteiger charge is 2.30. The summed E-state index contributed by atoms with van der Waals surface area (Å²) in [6.07, 6.45) is 9.16. The predicted octanol–water partition coefficient (Wildman–Crippen LogP) is 2.71. The van der Waals surface area contributed by atoms with Crippen LogP contribution in [0.3, 0.4) is 0 Å². The highest BCUT2D eigenvalue weighted by atomic mass is 16.2.